The molecule has 1 aromatic heterocycles. The number of alkyl halides is 3. The van der Waals surface area contributed by atoms with E-state index in [1.807, 2.05) is 0 Å². The van der Waals surface area contributed by atoms with E-state index in [-0.39, 0.29) is 5.56 Å². The molecule has 0 saturated heterocycles. The number of hydrogen-bond acceptors (Lipinski definition) is 3. The molecule has 0 bridgehead atoms. The van der Waals surface area contributed by atoms with Crippen LogP contribution in [0.4, 0.5) is 23.2 Å². The number of aryl methyl sites for hydroxylation is 1. The van der Waals surface area contributed by atoms with Gasteiger partial charge in [-0.05, 0) is 66.6 Å². The summed E-state index contributed by atoms with van der Waals surface area (Å²) in [5, 5.41) is 18.4. The molecule has 3 aromatic carbocycles. The Labute approximate surface area is 186 Å². The lowest BCUT2D eigenvalue weighted by Gasteiger charge is -2.32. The van der Waals surface area contributed by atoms with E-state index in [1.165, 1.54) is 59.4 Å². The minimum Gasteiger partial charge on any atom is -0.381 e. The largest absolute Gasteiger partial charge is 0.423 e. The second-order valence-electron chi connectivity index (χ2n) is 7.48. The fourth-order valence-electron chi connectivity index (χ4n) is 3.45. The Morgan fingerprint density at radius 2 is 1.75 bits per heavy atom. The minimum atomic E-state index is -4.95. The Morgan fingerprint density at radius 1 is 1.03 bits per heavy atom. The second-order valence-corrected chi connectivity index (χ2v) is 7.91. The lowest BCUT2D eigenvalue weighted by atomic mass is 9.91. The first-order valence-corrected chi connectivity index (χ1v) is 10.00. The molecule has 2 N–H and O–H groups in total. The van der Waals surface area contributed by atoms with Gasteiger partial charge in [0.1, 0.15) is 5.82 Å². The molecule has 4 rings (SSSR count). The molecule has 0 spiro atoms. The zero-order valence-electron chi connectivity index (χ0n) is 16.8. The molecule has 0 saturated carbocycles. The molecule has 166 valence electrons. The van der Waals surface area contributed by atoms with Crippen molar-refractivity contribution in [1.29, 1.82) is 0 Å². The maximum absolute atomic E-state index is 14.0. The van der Waals surface area contributed by atoms with E-state index in [0.29, 0.717) is 32.9 Å². The average molecular weight is 464 g/mol. The molecular formula is C23H18ClF4N3O. The third-order valence-electron chi connectivity index (χ3n) is 5.32. The van der Waals surface area contributed by atoms with E-state index in [9.17, 15) is 22.7 Å². The van der Waals surface area contributed by atoms with Gasteiger partial charge < -0.3 is 10.4 Å². The summed E-state index contributed by atoms with van der Waals surface area (Å²) in [6, 6.07) is 14.3. The molecule has 4 aromatic rings. The van der Waals surface area contributed by atoms with Crippen LogP contribution < -0.4 is 5.32 Å². The number of halogens is 5. The van der Waals surface area contributed by atoms with Crippen LogP contribution in [-0.4, -0.2) is 27.6 Å². The summed E-state index contributed by atoms with van der Waals surface area (Å²) < 4.78 is 56.7. The average Bonchev–Trinajstić information content (AvgIpc) is 3.17. The summed E-state index contributed by atoms with van der Waals surface area (Å²) in [4.78, 5) is 0. The van der Waals surface area contributed by atoms with Gasteiger partial charge >= 0.3 is 6.18 Å². The van der Waals surface area contributed by atoms with Gasteiger partial charge in [-0.1, -0.05) is 23.7 Å². The van der Waals surface area contributed by atoms with Crippen molar-refractivity contribution < 1.29 is 22.7 Å². The fourth-order valence-corrected chi connectivity index (χ4v) is 3.62. The van der Waals surface area contributed by atoms with Crippen molar-refractivity contribution in [1.82, 2.24) is 9.78 Å². The molecule has 4 nitrogen and oxygen atoms in total. The van der Waals surface area contributed by atoms with E-state index >= 15 is 0 Å². The van der Waals surface area contributed by atoms with Gasteiger partial charge in [0.25, 0.3) is 0 Å². The molecule has 1 unspecified atom stereocenters. The summed E-state index contributed by atoms with van der Waals surface area (Å²) in [5.74, 6) is -0.412. The molecule has 9 heteroatoms. The van der Waals surface area contributed by atoms with Crippen molar-refractivity contribution >= 4 is 28.2 Å². The lowest BCUT2D eigenvalue weighted by molar-refractivity contribution is -0.260. The first kappa shape index (κ1) is 22.1. The molecule has 0 radical (unpaired) electrons. The number of fused-ring (bicyclic) bond motifs is 1. The summed E-state index contributed by atoms with van der Waals surface area (Å²) >= 11 is 5.95. The number of benzene rings is 3. The van der Waals surface area contributed by atoms with Crippen molar-refractivity contribution in [3.63, 3.8) is 0 Å². The van der Waals surface area contributed by atoms with Crippen molar-refractivity contribution in [2.24, 2.45) is 0 Å². The Kier molecular flexibility index (Phi) is 5.60. The third kappa shape index (κ3) is 4.03. The lowest BCUT2D eigenvalue weighted by Crippen LogP contribution is -2.47. The van der Waals surface area contributed by atoms with Crippen molar-refractivity contribution in [3.05, 3.63) is 88.8 Å². The van der Waals surface area contributed by atoms with Crippen LogP contribution in [0.3, 0.4) is 0 Å². The predicted octanol–water partition coefficient (Wildman–Crippen LogP) is 5.99. The van der Waals surface area contributed by atoms with E-state index in [1.54, 1.807) is 19.1 Å². The molecule has 32 heavy (non-hydrogen) atoms. The maximum atomic E-state index is 14.0. The summed E-state index contributed by atoms with van der Waals surface area (Å²) in [6.45, 7) is 0.913. The van der Waals surface area contributed by atoms with Crippen LogP contribution >= 0.6 is 11.6 Å². The molecular weight excluding hydrogens is 446 g/mol. The number of anilines is 1. The van der Waals surface area contributed by atoms with Gasteiger partial charge in [0.05, 0.1) is 23.9 Å². The highest BCUT2D eigenvalue weighted by Crippen LogP contribution is 2.40. The van der Waals surface area contributed by atoms with Gasteiger partial charge in [0.15, 0.2) is 0 Å². The SMILES string of the molecule is Cc1ccc(Cl)cc1NCC(O)(c1ccc2c(cnn2-c2ccc(F)cc2)c1)C(F)(F)F. The van der Waals surface area contributed by atoms with Gasteiger partial charge in [0, 0.05) is 16.1 Å². The van der Waals surface area contributed by atoms with Gasteiger partial charge in [-0.15, -0.1) is 0 Å². The smallest absolute Gasteiger partial charge is 0.381 e. The molecule has 0 fully saturated rings. The van der Waals surface area contributed by atoms with Crippen LogP contribution in [0.1, 0.15) is 11.1 Å². The normalized spacial score (nSPS) is 13.8. The van der Waals surface area contributed by atoms with Crippen molar-refractivity contribution in [2.75, 3.05) is 11.9 Å². The molecule has 0 aliphatic rings. The van der Waals surface area contributed by atoms with E-state index in [0.717, 1.165) is 0 Å². The molecule has 0 aliphatic heterocycles. The standard InChI is InChI=1S/C23H18ClF4N3O/c1-14-2-4-17(24)11-20(14)29-13-22(32,23(26,27)28)16-3-9-21-15(10-16)12-30-31(21)19-7-5-18(25)6-8-19/h2-12,29,32H,13H2,1H3. The van der Waals surface area contributed by atoms with Crippen LogP contribution in [0.15, 0.2) is 66.9 Å². The monoisotopic (exact) mass is 463 g/mol. The Morgan fingerprint density at radius 3 is 2.44 bits per heavy atom. The highest BCUT2D eigenvalue weighted by atomic mass is 35.5. The number of aliphatic hydroxyl groups is 1. The highest BCUT2D eigenvalue weighted by Gasteiger charge is 2.55. The molecule has 1 heterocycles. The minimum absolute atomic E-state index is 0.330. The van der Waals surface area contributed by atoms with Crippen LogP contribution in [-0.2, 0) is 5.60 Å². The van der Waals surface area contributed by atoms with Crippen molar-refractivity contribution in [2.45, 2.75) is 18.7 Å². The van der Waals surface area contributed by atoms with Gasteiger partial charge in [0.2, 0.25) is 5.60 Å². The highest BCUT2D eigenvalue weighted by molar-refractivity contribution is 6.30. The third-order valence-corrected chi connectivity index (χ3v) is 5.56. The number of hydrogen-bond donors (Lipinski definition) is 2. The van der Waals surface area contributed by atoms with Crippen molar-refractivity contribution in [3.8, 4) is 5.69 Å². The Hall–Kier alpha value is -3.10. The quantitative estimate of drug-likeness (QED) is 0.357. The molecule has 0 aliphatic carbocycles. The van der Waals surface area contributed by atoms with E-state index in [2.05, 4.69) is 10.4 Å². The van der Waals surface area contributed by atoms with Gasteiger partial charge in [-0.2, -0.15) is 18.3 Å². The fraction of sp³-hybridized carbons (Fsp3) is 0.174. The molecule has 1 atom stereocenters. The topological polar surface area (TPSA) is 50.1 Å². The van der Waals surface area contributed by atoms with Crippen LogP contribution in [0.5, 0.6) is 0 Å². The van der Waals surface area contributed by atoms with E-state index in [4.69, 9.17) is 11.6 Å². The van der Waals surface area contributed by atoms with Crippen LogP contribution in [0.25, 0.3) is 16.6 Å². The zero-order chi connectivity index (χ0) is 23.1. The van der Waals surface area contributed by atoms with Crippen LogP contribution in [0.2, 0.25) is 5.02 Å². The first-order chi connectivity index (χ1) is 15.1. The number of nitrogens with zero attached hydrogens (tertiary/aromatic N) is 2. The maximum Gasteiger partial charge on any atom is 0.423 e. The Bertz CT molecular complexity index is 1270. The second kappa shape index (κ2) is 8.11. The summed E-state index contributed by atoms with van der Waals surface area (Å²) in [7, 11) is 0. The number of nitrogens with one attached hydrogen (secondary N) is 1. The van der Waals surface area contributed by atoms with E-state index < -0.39 is 24.1 Å². The summed E-state index contributed by atoms with van der Waals surface area (Å²) in [5.41, 5.74) is -1.33. The predicted molar refractivity (Wildman–Crippen MR) is 116 cm³/mol. The van der Waals surface area contributed by atoms with Gasteiger partial charge in [-0.3, -0.25) is 0 Å². The summed E-state index contributed by atoms with van der Waals surface area (Å²) in [6.07, 6.45) is -3.55. The molecule has 0 amide bonds. The van der Waals surface area contributed by atoms with Crippen LogP contribution in [0, 0.1) is 12.7 Å². The zero-order valence-corrected chi connectivity index (χ0v) is 17.5. The number of aromatic nitrogens is 2. The number of rotatable bonds is 5. The van der Waals surface area contributed by atoms with Gasteiger partial charge in [-0.25, -0.2) is 9.07 Å². The first-order valence-electron chi connectivity index (χ1n) is 9.62. The Balaban J connectivity index is 1.71.